The number of alkyl carbamates (subject to hydrolysis) is 1. The molecule has 3 aromatic rings. The summed E-state index contributed by atoms with van der Waals surface area (Å²) in [5, 5.41) is 17.9. The van der Waals surface area contributed by atoms with Gasteiger partial charge in [0.2, 0.25) is 5.91 Å². The zero-order valence-corrected chi connectivity index (χ0v) is 18.3. The zero-order chi connectivity index (χ0) is 22.2. The van der Waals surface area contributed by atoms with Crippen molar-refractivity contribution in [2.45, 2.75) is 39.0 Å². The Morgan fingerprint density at radius 3 is 2.48 bits per heavy atom. The molecular weight excluding hydrogens is 410 g/mol. The summed E-state index contributed by atoms with van der Waals surface area (Å²) in [7, 11) is 0. The normalized spacial score (nSPS) is 12.7. The lowest BCUT2D eigenvalue weighted by atomic mass is 10.0. The molecule has 1 aromatic heterocycles. The van der Waals surface area contributed by atoms with Crippen LogP contribution in [0.3, 0.4) is 0 Å². The average molecular weight is 436 g/mol. The zero-order valence-electron chi connectivity index (χ0n) is 17.5. The Balaban J connectivity index is 1.67. The number of hydrogen-bond donors (Lipinski definition) is 2. The molecule has 2 atom stereocenters. The smallest absolute Gasteiger partial charge is 0.408 e. The number of benzene rings is 2. The Labute approximate surface area is 185 Å². The van der Waals surface area contributed by atoms with Crippen molar-refractivity contribution in [3.05, 3.63) is 71.1 Å². The number of nitrogens with one attached hydrogen (secondary N) is 2. The number of thiophene rings is 1. The topological polar surface area (TPSA) is 91.2 Å². The molecule has 0 radical (unpaired) electrons. The minimum Gasteiger partial charge on any atom is -0.445 e. The number of nitrogens with zero attached hydrogens (tertiary/aromatic N) is 1. The van der Waals surface area contributed by atoms with E-state index in [0.717, 1.165) is 21.2 Å². The van der Waals surface area contributed by atoms with Gasteiger partial charge in [0.1, 0.15) is 18.7 Å². The van der Waals surface area contributed by atoms with Gasteiger partial charge in [-0.1, -0.05) is 62.4 Å². The Morgan fingerprint density at radius 2 is 1.77 bits per heavy atom. The highest BCUT2D eigenvalue weighted by Crippen LogP contribution is 2.30. The molecule has 2 aromatic carbocycles. The molecule has 0 fully saturated rings. The van der Waals surface area contributed by atoms with Gasteiger partial charge in [0.15, 0.2) is 0 Å². The Morgan fingerprint density at radius 1 is 1.06 bits per heavy atom. The number of carbonyl (C=O) groups is 2. The predicted molar refractivity (Wildman–Crippen MR) is 121 cm³/mol. The van der Waals surface area contributed by atoms with E-state index in [1.54, 1.807) is 0 Å². The molecule has 31 heavy (non-hydrogen) atoms. The van der Waals surface area contributed by atoms with Gasteiger partial charge in [-0.05, 0) is 34.7 Å². The van der Waals surface area contributed by atoms with E-state index in [0.29, 0.717) is 6.42 Å². The molecule has 0 aliphatic carbocycles. The average Bonchev–Trinajstić information content (AvgIpc) is 3.20. The van der Waals surface area contributed by atoms with Crippen molar-refractivity contribution in [2.75, 3.05) is 0 Å². The minimum atomic E-state index is -0.805. The van der Waals surface area contributed by atoms with Crippen LogP contribution in [0.15, 0.2) is 60.0 Å². The standard InChI is InChI=1S/C24H25N3O3S/c1-16(2)12-20(27-24(29)30-14-17-8-4-3-5-9-17)23(28)26-21(13-25)19-15-31-22-11-7-6-10-18(19)22/h3-11,15-16,20-21H,12,14H2,1-2H3,(H,26,28)(H,27,29)/t20-,21?/m0/s1. The molecule has 7 heteroatoms. The fraction of sp³-hybridized carbons (Fsp3) is 0.292. The van der Waals surface area contributed by atoms with Crippen LogP contribution in [-0.2, 0) is 16.1 Å². The molecule has 3 rings (SSSR count). The van der Waals surface area contributed by atoms with Crippen molar-refractivity contribution < 1.29 is 14.3 Å². The third kappa shape index (κ3) is 6.06. The number of fused-ring (bicyclic) bond motifs is 1. The van der Waals surface area contributed by atoms with Crippen molar-refractivity contribution >= 4 is 33.4 Å². The molecule has 0 saturated carbocycles. The van der Waals surface area contributed by atoms with E-state index in [9.17, 15) is 14.9 Å². The molecule has 2 N–H and O–H groups in total. The van der Waals surface area contributed by atoms with Crippen LogP contribution >= 0.6 is 11.3 Å². The minimum absolute atomic E-state index is 0.115. The highest BCUT2D eigenvalue weighted by molar-refractivity contribution is 7.17. The van der Waals surface area contributed by atoms with Crippen molar-refractivity contribution in [2.24, 2.45) is 5.92 Å². The second kappa shape index (κ2) is 10.6. The lowest BCUT2D eigenvalue weighted by molar-refractivity contribution is -0.123. The van der Waals surface area contributed by atoms with Gasteiger partial charge in [0.05, 0.1) is 6.07 Å². The molecule has 1 heterocycles. The van der Waals surface area contributed by atoms with Gasteiger partial charge < -0.3 is 15.4 Å². The number of rotatable bonds is 8. The van der Waals surface area contributed by atoms with Gasteiger partial charge in [0, 0.05) is 10.3 Å². The maximum absolute atomic E-state index is 13.0. The molecular formula is C24H25N3O3S. The van der Waals surface area contributed by atoms with Gasteiger partial charge >= 0.3 is 6.09 Å². The van der Waals surface area contributed by atoms with E-state index in [1.165, 1.54) is 11.3 Å². The fourth-order valence-corrected chi connectivity index (χ4v) is 4.24. The highest BCUT2D eigenvalue weighted by atomic mass is 32.1. The summed E-state index contributed by atoms with van der Waals surface area (Å²) >= 11 is 1.53. The maximum Gasteiger partial charge on any atom is 0.408 e. The molecule has 0 bridgehead atoms. The number of amides is 2. The molecule has 0 aliphatic rings. The van der Waals surface area contributed by atoms with Crippen molar-refractivity contribution in [1.82, 2.24) is 10.6 Å². The van der Waals surface area contributed by atoms with E-state index in [-0.39, 0.29) is 12.5 Å². The number of ether oxygens (including phenoxy) is 1. The van der Waals surface area contributed by atoms with Gasteiger partial charge in [-0.15, -0.1) is 11.3 Å². The van der Waals surface area contributed by atoms with Crippen LogP contribution in [0.2, 0.25) is 0 Å². The summed E-state index contributed by atoms with van der Waals surface area (Å²) in [5.41, 5.74) is 1.61. The summed E-state index contributed by atoms with van der Waals surface area (Å²) in [6, 6.07) is 17.6. The first-order valence-electron chi connectivity index (χ1n) is 10.1. The van der Waals surface area contributed by atoms with E-state index < -0.39 is 24.1 Å². The van der Waals surface area contributed by atoms with Crippen molar-refractivity contribution in [3.8, 4) is 6.07 Å². The first kappa shape index (κ1) is 22.3. The predicted octanol–water partition coefficient (Wildman–Crippen LogP) is 4.92. The molecule has 160 valence electrons. The molecule has 0 saturated heterocycles. The van der Waals surface area contributed by atoms with Gasteiger partial charge in [-0.2, -0.15) is 5.26 Å². The van der Waals surface area contributed by atoms with E-state index in [2.05, 4.69) is 16.7 Å². The fourth-order valence-electron chi connectivity index (χ4n) is 3.25. The lowest BCUT2D eigenvalue weighted by Crippen LogP contribution is -2.48. The third-order valence-electron chi connectivity index (χ3n) is 4.77. The van der Waals surface area contributed by atoms with Crippen molar-refractivity contribution in [3.63, 3.8) is 0 Å². The second-order valence-corrected chi connectivity index (χ2v) is 8.56. The molecule has 1 unspecified atom stereocenters. The molecule has 0 spiro atoms. The number of hydrogen-bond acceptors (Lipinski definition) is 5. The quantitative estimate of drug-likeness (QED) is 0.525. The molecule has 6 nitrogen and oxygen atoms in total. The van der Waals surface area contributed by atoms with E-state index in [4.69, 9.17) is 4.74 Å². The second-order valence-electron chi connectivity index (χ2n) is 7.65. The largest absolute Gasteiger partial charge is 0.445 e. The summed E-state index contributed by atoms with van der Waals surface area (Å²) in [6.45, 7) is 4.04. The SMILES string of the molecule is CC(C)C[C@H](NC(=O)OCc1ccccc1)C(=O)NC(C#N)c1csc2ccccc12. The molecule has 2 amide bonds. The van der Waals surface area contributed by atoms with Crippen LogP contribution in [0.5, 0.6) is 0 Å². The highest BCUT2D eigenvalue weighted by Gasteiger charge is 2.26. The Kier molecular flexibility index (Phi) is 7.63. The van der Waals surface area contributed by atoms with Crippen LogP contribution in [0, 0.1) is 17.2 Å². The van der Waals surface area contributed by atoms with Crippen LogP contribution in [-0.4, -0.2) is 18.0 Å². The molecule has 0 aliphatic heterocycles. The van der Waals surface area contributed by atoms with E-state index >= 15 is 0 Å². The van der Waals surface area contributed by atoms with Crippen molar-refractivity contribution in [1.29, 1.82) is 5.26 Å². The van der Waals surface area contributed by atoms with Crippen LogP contribution in [0.25, 0.3) is 10.1 Å². The monoisotopic (exact) mass is 435 g/mol. The maximum atomic E-state index is 13.0. The van der Waals surface area contributed by atoms with Crippen LogP contribution in [0.1, 0.15) is 37.4 Å². The first-order chi connectivity index (χ1) is 15.0. The summed E-state index contributed by atoms with van der Waals surface area (Å²) in [4.78, 5) is 25.3. The van der Waals surface area contributed by atoms with Gasteiger partial charge in [-0.3, -0.25) is 4.79 Å². The van der Waals surface area contributed by atoms with Gasteiger partial charge in [0.25, 0.3) is 0 Å². The Bertz CT molecular complexity index is 1070. The van der Waals surface area contributed by atoms with E-state index in [1.807, 2.05) is 73.8 Å². The Hall–Kier alpha value is -3.37. The van der Waals surface area contributed by atoms with Crippen LogP contribution < -0.4 is 10.6 Å². The summed E-state index contributed by atoms with van der Waals surface area (Å²) < 4.78 is 6.31. The van der Waals surface area contributed by atoms with Gasteiger partial charge in [-0.25, -0.2) is 4.79 Å². The number of nitriles is 1. The summed E-state index contributed by atoms with van der Waals surface area (Å²) in [5.74, 6) is -0.250. The third-order valence-corrected chi connectivity index (χ3v) is 5.75. The van der Waals surface area contributed by atoms with Crippen LogP contribution in [0.4, 0.5) is 4.79 Å². The summed E-state index contributed by atoms with van der Waals surface area (Å²) in [6.07, 6.45) is -0.242. The number of carbonyl (C=O) groups excluding carboxylic acids is 2. The lowest BCUT2D eigenvalue weighted by Gasteiger charge is -2.21. The first-order valence-corrected chi connectivity index (χ1v) is 11.0.